The van der Waals surface area contributed by atoms with E-state index in [0.29, 0.717) is 11.6 Å². The minimum atomic E-state index is -0.0609. The number of carbonyl (C=O) groups is 1. The largest absolute Gasteiger partial charge is 0.368 e. The number of nitrogens with one attached hydrogen (secondary N) is 2. The zero-order valence-corrected chi connectivity index (χ0v) is 13.6. The maximum absolute atomic E-state index is 12.0. The van der Waals surface area contributed by atoms with E-state index in [1.54, 1.807) is 12.4 Å². The molecule has 1 saturated heterocycles. The second-order valence-corrected chi connectivity index (χ2v) is 6.21. The van der Waals surface area contributed by atoms with Gasteiger partial charge in [0.1, 0.15) is 5.82 Å². The molecule has 1 fully saturated rings. The molecule has 2 aromatic rings. The summed E-state index contributed by atoms with van der Waals surface area (Å²) in [5.74, 6) is 0.879. The highest BCUT2D eigenvalue weighted by molar-refractivity contribution is 8.00. The number of carbonyl (C=O) groups excluding carboxylic acids is 1. The van der Waals surface area contributed by atoms with Gasteiger partial charge in [-0.25, -0.2) is 4.98 Å². The van der Waals surface area contributed by atoms with Gasteiger partial charge in [-0.1, -0.05) is 0 Å². The number of thioether (sulfide) groups is 1. The van der Waals surface area contributed by atoms with Crippen LogP contribution < -0.4 is 15.5 Å². The molecule has 23 heavy (non-hydrogen) atoms. The number of nitrogens with zero attached hydrogens (tertiary/aromatic N) is 3. The lowest BCUT2D eigenvalue weighted by molar-refractivity contribution is -0.113. The maximum Gasteiger partial charge on any atom is 0.235 e. The van der Waals surface area contributed by atoms with E-state index in [1.165, 1.54) is 11.8 Å². The van der Waals surface area contributed by atoms with Gasteiger partial charge in [0, 0.05) is 43.5 Å². The maximum atomic E-state index is 12.0. The highest BCUT2D eigenvalue weighted by Gasteiger charge is 2.11. The summed E-state index contributed by atoms with van der Waals surface area (Å²) in [4.78, 5) is 23.6. The Morgan fingerprint density at radius 1 is 1.22 bits per heavy atom. The number of pyridine rings is 2. The summed E-state index contributed by atoms with van der Waals surface area (Å²) >= 11 is 1.48. The number of amides is 1. The Labute approximate surface area is 139 Å². The van der Waals surface area contributed by atoms with Gasteiger partial charge in [0.2, 0.25) is 5.91 Å². The molecule has 0 bridgehead atoms. The topological polar surface area (TPSA) is 70.2 Å². The van der Waals surface area contributed by atoms with Crippen molar-refractivity contribution >= 4 is 29.2 Å². The summed E-state index contributed by atoms with van der Waals surface area (Å²) in [6.45, 7) is 3.95. The van der Waals surface area contributed by atoms with Gasteiger partial charge >= 0.3 is 0 Å². The first-order chi connectivity index (χ1) is 11.3. The second kappa shape index (κ2) is 7.94. The lowest BCUT2D eigenvalue weighted by atomic mass is 10.3. The molecular weight excluding hydrogens is 310 g/mol. The summed E-state index contributed by atoms with van der Waals surface area (Å²) in [7, 11) is 0. The van der Waals surface area contributed by atoms with Crippen LogP contribution in [0.4, 0.5) is 11.5 Å². The molecule has 3 rings (SSSR count). The van der Waals surface area contributed by atoms with Crippen LogP contribution in [-0.4, -0.2) is 47.8 Å². The zero-order chi connectivity index (χ0) is 15.9. The molecule has 120 valence electrons. The lowest BCUT2D eigenvalue weighted by Crippen LogP contribution is -2.43. The third-order valence-electron chi connectivity index (χ3n) is 3.52. The predicted octanol–water partition coefficient (Wildman–Crippen LogP) is 1.62. The van der Waals surface area contributed by atoms with E-state index in [4.69, 9.17) is 0 Å². The molecule has 0 saturated carbocycles. The summed E-state index contributed by atoms with van der Waals surface area (Å²) in [6, 6.07) is 7.63. The van der Waals surface area contributed by atoms with Crippen molar-refractivity contribution in [1.29, 1.82) is 0 Å². The highest BCUT2D eigenvalue weighted by Crippen LogP contribution is 2.18. The van der Waals surface area contributed by atoms with Crippen molar-refractivity contribution < 1.29 is 4.79 Å². The van der Waals surface area contributed by atoms with E-state index < -0.39 is 0 Å². The van der Waals surface area contributed by atoms with Crippen LogP contribution in [0.2, 0.25) is 0 Å². The standard InChI is InChI=1S/C16H19N5OS/c22-16(12-23-14-3-5-17-6-4-14)20-15-2-1-13(11-19-15)21-9-7-18-8-10-21/h1-6,11,18H,7-10,12H2,(H,19,20,22). The van der Waals surface area contributed by atoms with Crippen molar-refractivity contribution in [3.63, 3.8) is 0 Å². The van der Waals surface area contributed by atoms with Crippen LogP contribution in [0.1, 0.15) is 0 Å². The molecule has 0 unspecified atom stereocenters. The fourth-order valence-electron chi connectivity index (χ4n) is 2.33. The third-order valence-corrected chi connectivity index (χ3v) is 4.53. The van der Waals surface area contributed by atoms with Gasteiger partial charge in [0.25, 0.3) is 0 Å². The van der Waals surface area contributed by atoms with Crippen molar-refractivity contribution in [3.8, 4) is 0 Å². The fraction of sp³-hybridized carbons (Fsp3) is 0.312. The van der Waals surface area contributed by atoms with Crippen molar-refractivity contribution in [2.24, 2.45) is 0 Å². The molecule has 1 aliphatic rings. The minimum Gasteiger partial charge on any atom is -0.368 e. The van der Waals surface area contributed by atoms with Gasteiger partial charge in [-0.3, -0.25) is 9.78 Å². The first kappa shape index (κ1) is 15.8. The van der Waals surface area contributed by atoms with E-state index in [0.717, 1.165) is 36.8 Å². The van der Waals surface area contributed by atoms with Gasteiger partial charge < -0.3 is 15.5 Å². The number of piperazine rings is 1. The third kappa shape index (κ3) is 4.67. The molecule has 0 aliphatic carbocycles. The van der Waals surface area contributed by atoms with Gasteiger partial charge in [-0.2, -0.15) is 0 Å². The Hall–Kier alpha value is -2.12. The zero-order valence-electron chi connectivity index (χ0n) is 12.7. The Morgan fingerprint density at radius 3 is 2.70 bits per heavy atom. The van der Waals surface area contributed by atoms with E-state index in [2.05, 4.69) is 25.5 Å². The summed E-state index contributed by atoms with van der Waals surface area (Å²) in [5.41, 5.74) is 1.09. The van der Waals surface area contributed by atoms with Crippen molar-refractivity contribution in [2.75, 3.05) is 42.1 Å². The quantitative estimate of drug-likeness (QED) is 0.813. The van der Waals surface area contributed by atoms with Crippen LogP contribution in [0, 0.1) is 0 Å². The van der Waals surface area contributed by atoms with Crippen molar-refractivity contribution in [2.45, 2.75) is 4.90 Å². The van der Waals surface area contributed by atoms with Gasteiger partial charge in [-0.05, 0) is 24.3 Å². The van der Waals surface area contributed by atoms with Crippen LogP contribution in [0.5, 0.6) is 0 Å². The highest BCUT2D eigenvalue weighted by atomic mass is 32.2. The average Bonchev–Trinajstić information content (AvgIpc) is 2.62. The van der Waals surface area contributed by atoms with E-state index in [9.17, 15) is 4.79 Å². The molecule has 6 nitrogen and oxygen atoms in total. The normalized spacial score (nSPS) is 14.5. The van der Waals surface area contributed by atoms with Crippen LogP contribution in [0.25, 0.3) is 0 Å². The summed E-state index contributed by atoms with van der Waals surface area (Å²) < 4.78 is 0. The number of hydrogen-bond acceptors (Lipinski definition) is 6. The summed E-state index contributed by atoms with van der Waals surface area (Å²) in [5, 5.41) is 6.15. The van der Waals surface area contributed by atoms with Gasteiger partial charge in [0.05, 0.1) is 17.6 Å². The van der Waals surface area contributed by atoms with Gasteiger partial charge in [0.15, 0.2) is 0 Å². The molecule has 0 radical (unpaired) electrons. The van der Waals surface area contributed by atoms with Crippen molar-refractivity contribution in [3.05, 3.63) is 42.9 Å². The molecule has 1 amide bonds. The Balaban J connectivity index is 1.50. The summed E-state index contributed by atoms with van der Waals surface area (Å²) in [6.07, 6.45) is 5.25. The Morgan fingerprint density at radius 2 is 2.00 bits per heavy atom. The number of hydrogen-bond donors (Lipinski definition) is 2. The van der Waals surface area contributed by atoms with Gasteiger partial charge in [-0.15, -0.1) is 11.8 Å². The smallest absolute Gasteiger partial charge is 0.235 e. The molecule has 2 aromatic heterocycles. The molecule has 1 aliphatic heterocycles. The van der Waals surface area contributed by atoms with Crippen LogP contribution in [0.15, 0.2) is 47.8 Å². The number of anilines is 2. The second-order valence-electron chi connectivity index (χ2n) is 5.16. The van der Waals surface area contributed by atoms with Crippen LogP contribution in [0.3, 0.4) is 0 Å². The Bertz CT molecular complexity index is 629. The Kier molecular flexibility index (Phi) is 5.44. The van der Waals surface area contributed by atoms with Crippen molar-refractivity contribution in [1.82, 2.24) is 15.3 Å². The minimum absolute atomic E-state index is 0.0609. The number of rotatable bonds is 5. The first-order valence-corrected chi connectivity index (χ1v) is 8.54. The average molecular weight is 329 g/mol. The lowest BCUT2D eigenvalue weighted by Gasteiger charge is -2.29. The SMILES string of the molecule is O=C(CSc1ccncc1)Nc1ccc(N2CCNCC2)cn1. The van der Waals surface area contributed by atoms with Crippen LogP contribution in [-0.2, 0) is 4.79 Å². The molecule has 3 heterocycles. The first-order valence-electron chi connectivity index (χ1n) is 7.56. The van der Waals surface area contributed by atoms with E-state index in [1.807, 2.05) is 30.5 Å². The molecule has 2 N–H and O–H groups in total. The molecular formula is C16H19N5OS. The van der Waals surface area contributed by atoms with Crippen LogP contribution >= 0.6 is 11.8 Å². The predicted molar refractivity (Wildman–Crippen MR) is 92.9 cm³/mol. The molecule has 0 spiro atoms. The van der Waals surface area contributed by atoms with E-state index in [-0.39, 0.29) is 5.91 Å². The molecule has 0 aromatic carbocycles. The van der Waals surface area contributed by atoms with E-state index >= 15 is 0 Å². The number of aromatic nitrogens is 2. The molecule has 0 atom stereocenters. The fourth-order valence-corrected chi connectivity index (χ4v) is 3.02. The monoisotopic (exact) mass is 329 g/mol. The molecule has 7 heteroatoms.